The SMILES string of the molecule is c1ccc(-c2ccc(-c3ccc(N(c4cc(-c5ccccc5)cc(-c5ccccc5)c4)c4cccc(-c5cccc6c5c5ccccc5n6-c5ccccc5)c4)cc3)cc2)cc1. The molecule has 0 bridgehead atoms. The van der Waals surface area contributed by atoms with Crippen LogP contribution in [0, 0.1) is 0 Å². The molecule has 2 nitrogen and oxygen atoms in total. The Morgan fingerprint density at radius 1 is 0.258 bits per heavy atom. The number of para-hydroxylation sites is 2. The van der Waals surface area contributed by atoms with Crippen molar-refractivity contribution in [3.8, 4) is 61.3 Å². The Morgan fingerprint density at radius 3 is 1.29 bits per heavy atom. The van der Waals surface area contributed by atoms with Gasteiger partial charge in [0, 0.05) is 33.5 Å². The molecule has 0 aliphatic rings. The van der Waals surface area contributed by atoms with Gasteiger partial charge >= 0.3 is 0 Å². The first kappa shape index (κ1) is 36.8. The van der Waals surface area contributed by atoms with Crippen LogP contribution in [-0.4, -0.2) is 4.57 Å². The van der Waals surface area contributed by atoms with Crippen molar-refractivity contribution in [2.24, 2.45) is 0 Å². The fourth-order valence-electron chi connectivity index (χ4n) is 9.00. The predicted molar refractivity (Wildman–Crippen MR) is 263 cm³/mol. The molecule has 0 saturated heterocycles. The predicted octanol–water partition coefficient (Wildman–Crippen LogP) is 16.6. The fraction of sp³-hybridized carbons (Fsp3) is 0. The first-order valence-corrected chi connectivity index (χ1v) is 21.3. The zero-order chi connectivity index (χ0) is 41.2. The van der Waals surface area contributed by atoms with Gasteiger partial charge in [0.2, 0.25) is 0 Å². The third-order valence-electron chi connectivity index (χ3n) is 12.0. The summed E-state index contributed by atoms with van der Waals surface area (Å²) in [6.07, 6.45) is 0. The van der Waals surface area contributed by atoms with Gasteiger partial charge in [0.25, 0.3) is 0 Å². The molecule has 11 aromatic rings. The van der Waals surface area contributed by atoms with Crippen molar-refractivity contribution in [1.29, 1.82) is 0 Å². The minimum Gasteiger partial charge on any atom is -0.310 e. The van der Waals surface area contributed by atoms with Crippen molar-refractivity contribution in [2.45, 2.75) is 0 Å². The van der Waals surface area contributed by atoms with E-state index in [1.54, 1.807) is 0 Å². The van der Waals surface area contributed by atoms with Crippen molar-refractivity contribution < 1.29 is 0 Å². The summed E-state index contributed by atoms with van der Waals surface area (Å²) in [6.45, 7) is 0. The van der Waals surface area contributed by atoms with E-state index in [0.717, 1.165) is 39.4 Å². The van der Waals surface area contributed by atoms with Crippen LogP contribution in [0.2, 0.25) is 0 Å². The van der Waals surface area contributed by atoms with E-state index in [9.17, 15) is 0 Å². The Labute approximate surface area is 362 Å². The molecule has 10 aromatic carbocycles. The number of fused-ring (bicyclic) bond motifs is 3. The van der Waals surface area contributed by atoms with Crippen LogP contribution in [0.1, 0.15) is 0 Å². The van der Waals surface area contributed by atoms with Crippen molar-refractivity contribution in [3.05, 3.63) is 255 Å². The Morgan fingerprint density at radius 2 is 0.694 bits per heavy atom. The molecule has 0 fully saturated rings. The Balaban J connectivity index is 1.08. The number of hydrogen-bond donors (Lipinski definition) is 0. The van der Waals surface area contributed by atoms with E-state index in [1.165, 1.54) is 60.8 Å². The van der Waals surface area contributed by atoms with Crippen molar-refractivity contribution in [1.82, 2.24) is 4.57 Å². The van der Waals surface area contributed by atoms with E-state index in [0.29, 0.717) is 0 Å². The van der Waals surface area contributed by atoms with Crippen molar-refractivity contribution in [3.63, 3.8) is 0 Å². The second-order valence-corrected chi connectivity index (χ2v) is 15.8. The molecule has 62 heavy (non-hydrogen) atoms. The zero-order valence-corrected chi connectivity index (χ0v) is 34.1. The molecular formula is C60H42N2. The van der Waals surface area contributed by atoms with Crippen LogP contribution in [0.5, 0.6) is 0 Å². The molecule has 0 amide bonds. The van der Waals surface area contributed by atoms with Crippen LogP contribution in [-0.2, 0) is 0 Å². The van der Waals surface area contributed by atoms with Gasteiger partial charge in [-0.15, -0.1) is 0 Å². The lowest BCUT2D eigenvalue weighted by molar-refractivity contribution is 1.18. The highest BCUT2D eigenvalue weighted by molar-refractivity contribution is 6.16. The highest BCUT2D eigenvalue weighted by Gasteiger charge is 2.20. The fourth-order valence-corrected chi connectivity index (χ4v) is 9.00. The van der Waals surface area contributed by atoms with E-state index < -0.39 is 0 Å². The highest BCUT2D eigenvalue weighted by Crippen LogP contribution is 2.44. The lowest BCUT2D eigenvalue weighted by Gasteiger charge is -2.27. The maximum Gasteiger partial charge on any atom is 0.0547 e. The van der Waals surface area contributed by atoms with Crippen molar-refractivity contribution in [2.75, 3.05) is 4.90 Å². The van der Waals surface area contributed by atoms with E-state index in [1.807, 2.05) is 0 Å². The Kier molecular flexibility index (Phi) is 9.57. The largest absolute Gasteiger partial charge is 0.310 e. The van der Waals surface area contributed by atoms with E-state index in [2.05, 4.69) is 264 Å². The van der Waals surface area contributed by atoms with Gasteiger partial charge in [0.1, 0.15) is 0 Å². The van der Waals surface area contributed by atoms with Gasteiger partial charge in [-0.25, -0.2) is 0 Å². The molecule has 1 heterocycles. The summed E-state index contributed by atoms with van der Waals surface area (Å²) in [6, 6.07) is 92.1. The summed E-state index contributed by atoms with van der Waals surface area (Å²) in [7, 11) is 0. The van der Waals surface area contributed by atoms with E-state index in [4.69, 9.17) is 0 Å². The van der Waals surface area contributed by atoms with Crippen LogP contribution in [0.4, 0.5) is 17.1 Å². The smallest absolute Gasteiger partial charge is 0.0547 e. The molecule has 0 unspecified atom stereocenters. The standard InChI is InChI=1S/C60H42N2/c1-5-17-43(18-6-1)46-31-33-47(34-32-46)48-35-37-53(38-36-48)61(55-41-50(44-19-7-2-8-20-44)39-51(42-55)45-21-9-3-10-22-45)54-26-15-23-49(40-54)56-28-16-30-59-60(56)57-27-13-14-29-58(57)62(59)52-24-11-4-12-25-52/h1-42H. The summed E-state index contributed by atoms with van der Waals surface area (Å²) in [4.78, 5) is 2.41. The number of nitrogens with zero attached hydrogens (tertiary/aromatic N) is 2. The molecule has 11 rings (SSSR count). The molecule has 0 spiro atoms. The van der Waals surface area contributed by atoms with Crippen LogP contribution < -0.4 is 4.90 Å². The van der Waals surface area contributed by atoms with E-state index >= 15 is 0 Å². The molecule has 0 N–H and O–H groups in total. The highest BCUT2D eigenvalue weighted by atomic mass is 15.1. The topological polar surface area (TPSA) is 8.17 Å². The lowest BCUT2D eigenvalue weighted by Crippen LogP contribution is -2.10. The lowest BCUT2D eigenvalue weighted by atomic mass is 9.96. The molecule has 0 atom stereocenters. The molecular weight excluding hydrogens is 749 g/mol. The maximum atomic E-state index is 2.41. The molecule has 0 saturated carbocycles. The summed E-state index contributed by atoms with van der Waals surface area (Å²) in [5, 5.41) is 2.48. The normalized spacial score (nSPS) is 11.2. The minimum atomic E-state index is 1.08. The number of aromatic nitrogens is 1. The van der Waals surface area contributed by atoms with Gasteiger partial charge in [0.05, 0.1) is 11.0 Å². The first-order valence-electron chi connectivity index (χ1n) is 21.3. The first-order chi connectivity index (χ1) is 30.7. The van der Waals surface area contributed by atoms with E-state index in [-0.39, 0.29) is 0 Å². The van der Waals surface area contributed by atoms with Crippen LogP contribution in [0.25, 0.3) is 83.1 Å². The molecule has 292 valence electrons. The van der Waals surface area contributed by atoms with Gasteiger partial charge in [-0.05, 0) is 122 Å². The maximum absolute atomic E-state index is 2.41. The summed E-state index contributed by atoms with van der Waals surface area (Å²) in [5.41, 5.74) is 18.6. The molecule has 0 aliphatic heterocycles. The Bertz CT molecular complexity index is 3240. The molecule has 0 aliphatic carbocycles. The van der Waals surface area contributed by atoms with Gasteiger partial charge < -0.3 is 9.47 Å². The van der Waals surface area contributed by atoms with Crippen molar-refractivity contribution >= 4 is 38.9 Å². The summed E-state index contributed by atoms with van der Waals surface area (Å²) in [5.74, 6) is 0. The van der Waals surface area contributed by atoms with Crippen LogP contribution >= 0.6 is 0 Å². The summed E-state index contributed by atoms with van der Waals surface area (Å²) < 4.78 is 2.39. The average Bonchev–Trinajstić information content (AvgIpc) is 3.70. The average molecular weight is 791 g/mol. The number of hydrogen-bond acceptors (Lipinski definition) is 1. The monoisotopic (exact) mass is 790 g/mol. The number of anilines is 3. The molecule has 1 aromatic heterocycles. The minimum absolute atomic E-state index is 1.08. The number of rotatable bonds is 9. The van der Waals surface area contributed by atoms with Crippen LogP contribution in [0.15, 0.2) is 255 Å². The summed E-state index contributed by atoms with van der Waals surface area (Å²) >= 11 is 0. The van der Waals surface area contributed by atoms with Gasteiger partial charge in [-0.3, -0.25) is 0 Å². The Hall–Kier alpha value is -8.20. The zero-order valence-electron chi connectivity index (χ0n) is 34.1. The third kappa shape index (κ3) is 6.94. The number of benzene rings is 10. The second-order valence-electron chi connectivity index (χ2n) is 15.8. The van der Waals surface area contributed by atoms with Crippen LogP contribution in [0.3, 0.4) is 0 Å². The van der Waals surface area contributed by atoms with Gasteiger partial charge in [-0.2, -0.15) is 0 Å². The van der Waals surface area contributed by atoms with Gasteiger partial charge in [0.15, 0.2) is 0 Å². The second kappa shape index (κ2) is 16.1. The van der Waals surface area contributed by atoms with Gasteiger partial charge in [-0.1, -0.05) is 188 Å². The molecule has 0 radical (unpaired) electrons. The quantitative estimate of drug-likeness (QED) is 0.141. The third-order valence-corrected chi connectivity index (χ3v) is 12.0. The molecule has 2 heteroatoms.